The molecule has 2 aromatic rings. The molecular weight excluding hydrogens is 284 g/mol. The number of benzene rings is 1. The molecule has 0 radical (unpaired) electrons. The van der Waals surface area contributed by atoms with E-state index in [1.165, 1.54) is 7.11 Å². The molecule has 1 aromatic heterocycles. The van der Waals surface area contributed by atoms with E-state index in [0.717, 1.165) is 5.69 Å². The van der Waals surface area contributed by atoms with Gasteiger partial charge >= 0.3 is 0 Å². The van der Waals surface area contributed by atoms with Crippen LogP contribution in [0.3, 0.4) is 0 Å². The Kier molecular flexibility index (Phi) is 5.59. The number of hydrogen-bond acceptors (Lipinski definition) is 5. The summed E-state index contributed by atoms with van der Waals surface area (Å²) in [5, 5.41) is 2.74. The average molecular weight is 302 g/mol. The van der Waals surface area contributed by atoms with Gasteiger partial charge in [0.05, 0.1) is 26.5 Å². The minimum atomic E-state index is -0.240. The second kappa shape index (κ2) is 7.87. The second-order valence-electron chi connectivity index (χ2n) is 4.38. The summed E-state index contributed by atoms with van der Waals surface area (Å²) in [6.45, 7) is 0.245. The van der Waals surface area contributed by atoms with Crippen molar-refractivity contribution >= 4 is 5.91 Å². The van der Waals surface area contributed by atoms with E-state index in [1.807, 2.05) is 18.2 Å². The molecule has 0 aliphatic carbocycles. The first-order valence-corrected chi connectivity index (χ1v) is 6.75. The van der Waals surface area contributed by atoms with Crippen LogP contribution in [0.25, 0.3) is 0 Å². The molecular formula is C16H18N2O4. The number of hydrogen-bond donors (Lipinski definition) is 1. The van der Waals surface area contributed by atoms with Gasteiger partial charge < -0.3 is 19.5 Å². The van der Waals surface area contributed by atoms with Gasteiger partial charge in [-0.3, -0.25) is 9.78 Å². The third kappa shape index (κ3) is 4.12. The van der Waals surface area contributed by atoms with E-state index >= 15 is 0 Å². The van der Waals surface area contributed by atoms with Gasteiger partial charge in [-0.25, -0.2) is 0 Å². The van der Waals surface area contributed by atoms with Gasteiger partial charge in [0.1, 0.15) is 0 Å². The summed E-state index contributed by atoms with van der Waals surface area (Å²) in [4.78, 5) is 15.9. The zero-order valence-corrected chi connectivity index (χ0v) is 12.5. The van der Waals surface area contributed by atoms with Gasteiger partial charge in [0.15, 0.2) is 18.1 Å². The van der Waals surface area contributed by atoms with Crippen LogP contribution in [-0.2, 0) is 11.3 Å². The van der Waals surface area contributed by atoms with Gasteiger partial charge in [0.25, 0.3) is 5.91 Å². The Labute approximate surface area is 129 Å². The molecule has 0 fully saturated rings. The topological polar surface area (TPSA) is 69.7 Å². The first-order valence-electron chi connectivity index (χ1n) is 6.75. The summed E-state index contributed by atoms with van der Waals surface area (Å²) >= 11 is 0. The molecule has 1 heterocycles. The Morgan fingerprint density at radius 3 is 2.59 bits per heavy atom. The van der Waals surface area contributed by atoms with E-state index in [-0.39, 0.29) is 12.5 Å². The van der Waals surface area contributed by atoms with Crippen molar-refractivity contribution < 1.29 is 19.0 Å². The molecule has 1 aromatic carbocycles. The fourth-order valence-electron chi connectivity index (χ4n) is 1.86. The number of nitrogens with zero attached hydrogens (tertiary/aromatic N) is 1. The third-order valence-electron chi connectivity index (χ3n) is 2.92. The number of aromatic nitrogens is 1. The smallest absolute Gasteiger partial charge is 0.258 e. The molecule has 0 atom stereocenters. The van der Waals surface area contributed by atoms with Crippen molar-refractivity contribution in [3.05, 3.63) is 48.3 Å². The van der Waals surface area contributed by atoms with E-state index in [1.54, 1.807) is 31.5 Å². The van der Waals surface area contributed by atoms with Crippen LogP contribution in [0.1, 0.15) is 5.69 Å². The predicted molar refractivity (Wildman–Crippen MR) is 81.1 cm³/mol. The minimum Gasteiger partial charge on any atom is -0.493 e. The summed E-state index contributed by atoms with van der Waals surface area (Å²) in [6, 6.07) is 10.8. The van der Waals surface area contributed by atoms with Gasteiger partial charge in [0.2, 0.25) is 5.75 Å². The van der Waals surface area contributed by atoms with Gasteiger partial charge in [0, 0.05) is 6.20 Å². The molecule has 0 aliphatic rings. The van der Waals surface area contributed by atoms with E-state index < -0.39 is 0 Å². The maximum atomic E-state index is 11.8. The van der Waals surface area contributed by atoms with Crippen molar-refractivity contribution in [2.45, 2.75) is 6.54 Å². The lowest BCUT2D eigenvalue weighted by Crippen LogP contribution is -2.28. The highest BCUT2D eigenvalue weighted by atomic mass is 16.5. The van der Waals surface area contributed by atoms with Crippen LogP contribution >= 0.6 is 0 Å². The Balaban J connectivity index is 1.88. The lowest BCUT2D eigenvalue weighted by molar-refractivity contribution is -0.123. The quantitative estimate of drug-likeness (QED) is 0.844. The molecule has 22 heavy (non-hydrogen) atoms. The van der Waals surface area contributed by atoms with E-state index in [9.17, 15) is 4.79 Å². The molecule has 1 N–H and O–H groups in total. The molecule has 0 unspecified atom stereocenters. The monoisotopic (exact) mass is 302 g/mol. The van der Waals surface area contributed by atoms with Crippen molar-refractivity contribution in [3.8, 4) is 17.2 Å². The normalized spacial score (nSPS) is 9.91. The molecule has 2 rings (SSSR count). The second-order valence-corrected chi connectivity index (χ2v) is 4.38. The number of carbonyl (C=O) groups is 1. The fourth-order valence-corrected chi connectivity index (χ4v) is 1.86. The molecule has 0 bridgehead atoms. The van der Waals surface area contributed by atoms with Crippen molar-refractivity contribution in [1.82, 2.24) is 10.3 Å². The number of rotatable bonds is 7. The summed E-state index contributed by atoms with van der Waals surface area (Å²) in [5.74, 6) is 1.22. The maximum absolute atomic E-state index is 11.8. The van der Waals surface area contributed by atoms with E-state index in [0.29, 0.717) is 23.8 Å². The molecule has 0 saturated carbocycles. The molecule has 116 valence electrons. The number of pyridine rings is 1. The van der Waals surface area contributed by atoms with E-state index in [4.69, 9.17) is 14.2 Å². The molecule has 1 amide bonds. The van der Waals surface area contributed by atoms with Gasteiger partial charge in [-0.1, -0.05) is 12.1 Å². The Morgan fingerprint density at radius 1 is 1.09 bits per heavy atom. The highest BCUT2D eigenvalue weighted by molar-refractivity contribution is 5.77. The Hall–Kier alpha value is -2.76. The summed E-state index contributed by atoms with van der Waals surface area (Å²) in [7, 11) is 3.06. The predicted octanol–water partition coefficient (Wildman–Crippen LogP) is 1.79. The first-order chi connectivity index (χ1) is 10.7. The summed E-state index contributed by atoms with van der Waals surface area (Å²) in [6.07, 6.45) is 1.68. The highest BCUT2D eigenvalue weighted by Gasteiger charge is 2.12. The fraction of sp³-hybridized carbons (Fsp3) is 0.250. The third-order valence-corrected chi connectivity index (χ3v) is 2.92. The van der Waals surface area contributed by atoms with Gasteiger partial charge in [-0.2, -0.15) is 0 Å². The largest absolute Gasteiger partial charge is 0.493 e. The van der Waals surface area contributed by atoms with Crippen LogP contribution in [0.15, 0.2) is 42.6 Å². The lowest BCUT2D eigenvalue weighted by atomic mass is 10.3. The maximum Gasteiger partial charge on any atom is 0.258 e. The van der Waals surface area contributed by atoms with Crippen LogP contribution in [0.5, 0.6) is 17.2 Å². The Morgan fingerprint density at radius 2 is 1.91 bits per heavy atom. The number of methoxy groups -OCH3 is 2. The SMILES string of the molecule is COc1cccc(OCC(=O)NCc2ccccn2)c1OC. The number of para-hydroxylation sites is 1. The zero-order valence-electron chi connectivity index (χ0n) is 12.5. The number of amides is 1. The lowest BCUT2D eigenvalue weighted by Gasteiger charge is -2.13. The summed E-state index contributed by atoms with van der Waals surface area (Å²) < 4.78 is 15.9. The van der Waals surface area contributed by atoms with Gasteiger partial charge in [-0.15, -0.1) is 0 Å². The molecule has 0 spiro atoms. The van der Waals surface area contributed by atoms with Crippen LogP contribution in [0.4, 0.5) is 0 Å². The number of carbonyl (C=O) groups excluding carboxylic acids is 1. The summed E-state index contributed by atoms with van der Waals surface area (Å²) in [5.41, 5.74) is 0.787. The van der Waals surface area contributed by atoms with Crippen molar-refractivity contribution in [3.63, 3.8) is 0 Å². The zero-order chi connectivity index (χ0) is 15.8. The highest BCUT2D eigenvalue weighted by Crippen LogP contribution is 2.36. The standard InChI is InChI=1S/C16H18N2O4/c1-20-13-7-5-8-14(16(13)21-2)22-11-15(19)18-10-12-6-3-4-9-17-12/h3-9H,10-11H2,1-2H3,(H,18,19). The average Bonchev–Trinajstić information content (AvgIpc) is 2.58. The molecule has 0 saturated heterocycles. The van der Waals surface area contributed by atoms with Crippen molar-refractivity contribution in [2.24, 2.45) is 0 Å². The Bertz CT molecular complexity index is 617. The number of nitrogens with one attached hydrogen (secondary N) is 1. The van der Waals surface area contributed by atoms with Crippen LogP contribution in [0, 0.1) is 0 Å². The molecule has 6 heteroatoms. The van der Waals surface area contributed by atoms with Crippen LogP contribution < -0.4 is 19.5 Å². The number of ether oxygens (including phenoxy) is 3. The van der Waals surface area contributed by atoms with Crippen LogP contribution in [-0.4, -0.2) is 31.7 Å². The van der Waals surface area contributed by atoms with Gasteiger partial charge in [-0.05, 0) is 24.3 Å². The van der Waals surface area contributed by atoms with E-state index in [2.05, 4.69) is 10.3 Å². The first kappa shape index (κ1) is 15.6. The molecule has 6 nitrogen and oxygen atoms in total. The molecule has 0 aliphatic heterocycles. The van der Waals surface area contributed by atoms with Crippen molar-refractivity contribution in [1.29, 1.82) is 0 Å². The van der Waals surface area contributed by atoms with Crippen LogP contribution in [0.2, 0.25) is 0 Å². The minimum absolute atomic E-state index is 0.115. The van der Waals surface area contributed by atoms with Crippen molar-refractivity contribution in [2.75, 3.05) is 20.8 Å².